The lowest BCUT2D eigenvalue weighted by Crippen LogP contribution is -2.20. The minimum Gasteiger partial charge on any atom is -0.491 e. The molecule has 4 heteroatoms. The Hall–Kier alpha value is -1.03. The Kier molecular flexibility index (Phi) is 3.31. The van der Waals surface area contributed by atoms with E-state index in [-0.39, 0.29) is 11.9 Å². The van der Waals surface area contributed by atoms with Crippen LogP contribution in [0.2, 0.25) is 0 Å². The predicted octanol–water partition coefficient (Wildman–Crippen LogP) is 0.850. The number of hydrogen-bond acceptors (Lipinski definition) is 2. The van der Waals surface area contributed by atoms with E-state index in [0.717, 1.165) is 7.48 Å². The van der Waals surface area contributed by atoms with Crippen LogP contribution in [0.25, 0.3) is 0 Å². The summed E-state index contributed by atoms with van der Waals surface area (Å²) in [5.41, 5.74) is 0.482. The van der Waals surface area contributed by atoms with Crippen LogP contribution in [0.15, 0.2) is 18.2 Å². The standard InChI is InChI=1S/C9H11BFO2/c1-6(2)13-9-5-7(11)3-4-8(9)10-12/h3-6,12H,1-2H3. The molecule has 0 saturated carbocycles. The van der Waals surface area contributed by atoms with Gasteiger partial charge in [-0.25, -0.2) is 4.39 Å². The highest BCUT2D eigenvalue weighted by molar-refractivity contribution is 6.46. The molecule has 1 aromatic rings. The molecule has 1 aromatic carbocycles. The van der Waals surface area contributed by atoms with E-state index < -0.39 is 0 Å². The zero-order valence-electron chi connectivity index (χ0n) is 7.62. The van der Waals surface area contributed by atoms with Crippen LogP contribution in [0.5, 0.6) is 5.75 Å². The van der Waals surface area contributed by atoms with E-state index in [9.17, 15) is 4.39 Å². The molecule has 0 amide bonds. The van der Waals surface area contributed by atoms with E-state index in [4.69, 9.17) is 9.76 Å². The van der Waals surface area contributed by atoms with Crippen LogP contribution in [-0.2, 0) is 0 Å². The fourth-order valence-electron chi connectivity index (χ4n) is 0.971. The minimum absolute atomic E-state index is 0.0412. The lowest BCUT2D eigenvalue weighted by molar-refractivity contribution is 0.243. The maximum atomic E-state index is 12.8. The van der Waals surface area contributed by atoms with E-state index in [0.29, 0.717) is 11.2 Å². The Balaban J connectivity index is 2.94. The number of hydrogen-bond donors (Lipinski definition) is 1. The summed E-state index contributed by atoms with van der Waals surface area (Å²) >= 11 is 0. The average Bonchev–Trinajstić information content (AvgIpc) is 2.03. The fraction of sp³-hybridized carbons (Fsp3) is 0.333. The van der Waals surface area contributed by atoms with Gasteiger partial charge in [0.05, 0.1) is 6.10 Å². The van der Waals surface area contributed by atoms with Crippen molar-refractivity contribution >= 4 is 12.9 Å². The summed E-state index contributed by atoms with van der Waals surface area (Å²) in [6, 6.07) is 3.99. The molecule has 0 unspecified atom stereocenters. The van der Waals surface area contributed by atoms with E-state index in [2.05, 4.69) is 0 Å². The highest BCUT2D eigenvalue weighted by Crippen LogP contribution is 2.11. The molecular weight excluding hydrogens is 170 g/mol. The zero-order valence-corrected chi connectivity index (χ0v) is 7.62. The Morgan fingerprint density at radius 2 is 2.15 bits per heavy atom. The maximum Gasteiger partial charge on any atom is 0.330 e. The van der Waals surface area contributed by atoms with E-state index in [1.807, 2.05) is 13.8 Å². The van der Waals surface area contributed by atoms with Gasteiger partial charge >= 0.3 is 7.48 Å². The largest absolute Gasteiger partial charge is 0.491 e. The molecule has 0 aromatic heterocycles. The molecule has 69 valence electrons. The molecule has 0 fully saturated rings. The highest BCUT2D eigenvalue weighted by atomic mass is 19.1. The minimum atomic E-state index is -0.374. The van der Waals surface area contributed by atoms with Crippen molar-refractivity contribution in [1.29, 1.82) is 0 Å². The van der Waals surface area contributed by atoms with Gasteiger partial charge in [0.15, 0.2) is 0 Å². The van der Waals surface area contributed by atoms with Crippen LogP contribution in [-0.4, -0.2) is 18.6 Å². The second kappa shape index (κ2) is 4.28. The molecule has 0 aliphatic heterocycles. The number of benzene rings is 1. The van der Waals surface area contributed by atoms with Crippen LogP contribution >= 0.6 is 0 Å². The molecule has 0 atom stereocenters. The first-order chi connectivity index (χ1) is 6.13. The molecule has 2 nitrogen and oxygen atoms in total. The van der Waals surface area contributed by atoms with Gasteiger partial charge in [-0.3, -0.25) is 0 Å². The predicted molar refractivity (Wildman–Crippen MR) is 49.8 cm³/mol. The topological polar surface area (TPSA) is 29.5 Å². The van der Waals surface area contributed by atoms with E-state index >= 15 is 0 Å². The van der Waals surface area contributed by atoms with Gasteiger partial charge in [0, 0.05) is 6.07 Å². The molecule has 0 aliphatic carbocycles. The highest BCUT2D eigenvalue weighted by Gasteiger charge is 2.07. The zero-order chi connectivity index (χ0) is 9.84. The molecule has 1 radical (unpaired) electrons. The second-order valence-electron chi connectivity index (χ2n) is 2.98. The molecule has 13 heavy (non-hydrogen) atoms. The van der Waals surface area contributed by atoms with Gasteiger partial charge < -0.3 is 9.76 Å². The summed E-state index contributed by atoms with van der Waals surface area (Å²) < 4.78 is 18.0. The Morgan fingerprint density at radius 3 is 2.69 bits per heavy atom. The summed E-state index contributed by atoms with van der Waals surface area (Å²) in [5, 5.41) is 8.79. The van der Waals surface area contributed by atoms with Crippen molar-refractivity contribution in [1.82, 2.24) is 0 Å². The average molecular weight is 181 g/mol. The van der Waals surface area contributed by atoms with Gasteiger partial charge in [0.25, 0.3) is 0 Å². The van der Waals surface area contributed by atoms with Gasteiger partial charge in [-0.1, -0.05) is 6.07 Å². The number of halogens is 1. The molecule has 0 saturated heterocycles. The summed E-state index contributed by atoms with van der Waals surface area (Å²) in [6.07, 6.45) is -0.0412. The summed E-state index contributed by atoms with van der Waals surface area (Å²) in [7, 11) is 0.900. The van der Waals surface area contributed by atoms with Crippen molar-refractivity contribution in [2.45, 2.75) is 20.0 Å². The monoisotopic (exact) mass is 181 g/mol. The van der Waals surface area contributed by atoms with Crippen molar-refractivity contribution in [3.63, 3.8) is 0 Å². The lowest BCUT2D eigenvalue weighted by atomic mass is 9.88. The number of rotatable bonds is 3. The summed E-state index contributed by atoms with van der Waals surface area (Å²) in [6.45, 7) is 3.68. The normalized spacial score (nSPS) is 10.2. The van der Waals surface area contributed by atoms with Crippen LogP contribution in [0, 0.1) is 5.82 Å². The van der Waals surface area contributed by atoms with Gasteiger partial charge in [-0.2, -0.15) is 0 Å². The van der Waals surface area contributed by atoms with Crippen molar-refractivity contribution in [2.24, 2.45) is 0 Å². The smallest absolute Gasteiger partial charge is 0.330 e. The first kappa shape index (κ1) is 10.1. The van der Waals surface area contributed by atoms with E-state index in [1.54, 1.807) is 0 Å². The van der Waals surface area contributed by atoms with Crippen molar-refractivity contribution < 1.29 is 14.2 Å². The number of ether oxygens (including phenoxy) is 1. The fourth-order valence-corrected chi connectivity index (χ4v) is 0.971. The molecule has 0 spiro atoms. The maximum absolute atomic E-state index is 12.8. The third-order valence-electron chi connectivity index (χ3n) is 1.48. The van der Waals surface area contributed by atoms with E-state index in [1.165, 1.54) is 18.2 Å². The first-order valence-corrected chi connectivity index (χ1v) is 4.07. The Morgan fingerprint density at radius 1 is 1.46 bits per heavy atom. The van der Waals surface area contributed by atoms with Gasteiger partial charge in [0.2, 0.25) is 0 Å². The van der Waals surface area contributed by atoms with Crippen LogP contribution < -0.4 is 10.2 Å². The third kappa shape index (κ3) is 2.74. The van der Waals surface area contributed by atoms with Gasteiger partial charge in [-0.15, -0.1) is 0 Å². The van der Waals surface area contributed by atoms with Gasteiger partial charge in [0.1, 0.15) is 11.6 Å². The first-order valence-electron chi connectivity index (χ1n) is 4.07. The molecule has 1 N–H and O–H groups in total. The van der Waals surface area contributed by atoms with Crippen molar-refractivity contribution in [2.75, 3.05) is 0 Å². The summed E-state index contributed by atoms with van der Waals surface area (Å²) in [4.78, 5) is 0. The SMILES string of the molecule is CC(C)Oc1cc(F)ccc1[B]O. The third-order valence-corrected chi connectivity index (χ3v) is 1.48. The molecule has 0 aliphatic rings. The quantitative estimate of drug-likeness (QED) is 0.700. The Bertz CT molecular complexity index is 289. The molecule has 1 rings (SSSR count). The van der Waals surface area contributed by atoms with Crippen LogP contribution in [0.4, 0.5) is 4.39 Å². The van der Waals surface area contributed by atoms with Gasteiger partial charge in [-0.05, 0) is 25.4 Å². The lowest BCUT2D eigenvalue weighted by Gasteiger charge is -2.12. The summed E-state index contributed by atoms with van der Waals surface area (Å²) in [5.74, 6) is -0.0150. The second-order valence-corrected chi connectivity index (χ2v) is 2.98. The molecular formula is C9H11BFO2. The van der Waals surface area contributed by atoms with Crippen molar-refractivity contribution in [3.05, 3.63) is 24.0 Å². The van der Waals surface area contributed by atoms with Crippen molar-refractivity contribution in [3.8, 4) is 5.75 Å². The molecule has 0 heterocycles. The van der Waals surface area contributed by atoms with Crippen LogP contribution in [0.1, 0.15) is 13.8 Å². The van der Waals surface area contributed by atoms with Crippen LogP contribution in [0.3, 0.4) is 0 Å². The Labute approximate surface area is 77.6 Å². The molecule has 0 bridgehead atoms.